The topological polar surface area (TPSA) is 72.5 Å². The molecule has 0 saturated carbocycles. The Bertz CT molecular complexity index is 959. The Kier molecular flexibility index (Phi) is 5.94. The molecular weight excluding hydrogens is 456 g/mol. The molecule has 8 heteroatoms. The number of esters is 1. The van der Waals surface area contributed by atoms with Gasteiger partial charge in [-0.15, -0.1) is 0 Å². The molecule has 1 fully saturated rings. The zero-order chi connectivity index (χ0) is 21.3. The Morgan fingerprint density at radius 3 is 2.47 bits per heavy atom. The van der Waals surface area contributed by atoms with E-state index in [9.17, 15) is 4.79 Å². The van der Waals surface area contributed by atoms with E-state index in [-0.39, 0.29) is 24.6 Å². The largest absolute Gasteiger partial charge is 0.493 e. The molecule has 160 valence electrons. The molecule has 1 saturated heterocycles. The van der Waals surface area contributed by atoms with Crippen molar-refractivity contribution in [3.63, 3.8) is 0 Å². The number of carbonyl (C=O) groups excluding carboxylic acids is 1. The molecule has 0 aliphatic carbocycles. The highest BCUT2D eigenvalue weighted by Crippen LogP contribution is 2.46. The third-order valence-corrected chi connectivity index (χ3v) is 6.40. The maximum atomic E-state index is 12.5. The Labute approximate surface area is 183 Å². The molecular formula is C22H23BrO7. The summed E-state index contributed by atoms with van der Waals surface area (Å²) in [6.45, 7) is 0.627. The van der Waals surface area contributed by atoms with Gasteiger partial charge in [-0.1, -0.05) is 6.07 Å². The van der Waals surface area contributed by atoms with Crippen molar-refractivity contribution in [1.29, 1.82) is 0 Å². The molecule has 0 spiro atoms. The predicted octanol–water partition coefficient (Wildman–Crippen LogP) is 3.78. The van der Waals surface area contributed by atoms with Crippen molar-refractivity contribution in [3.05, 3.63) is 39.9 Å². The van der Waals surface area contributed by atoms with E-state index in [2.05, 4.69) is 15.9 Å². The van der Waals surface area contributed by atoms with Gasteiger partial charge < -0.3 is 28.4 Å². The van der Waals surface area contributed by atoms with Gasteiger partial charge in [0.2, 0.25) is 12.5 Å². The van der Waals surface area contributed by atoms with E-state index in [0.29, 0.717) is 36.7 Å². The Balaban J connectivity index is 1.59. The molecule has 0 bridgehead atoms. The lowest BCUT2D eigenvalue weighted by Crippen LogP contribution is -2.21. The summed E-state index contributed by atoms with van der Waals surface area (Å²) in [7, 11) is 4.70. The quantitative estimate of drug-likeness (QED) is 0.560. The minimum Gasteiger partial charge on any atom is -0.493 e. The van der Waals surface area contributed by atoms with Crippen LogP contribution in [0.1, 0.15) is 11.1 Å². The highest BCUT2D eigenvalue weighted by molar-refractivity contribution is 9.10. The summed E-state index contributed by atoms with van der Waals surface area (Å²) in [6.07, 6.45) is 1.19. The molecule has 2 atom stereocenters. The first-order valence-corrected chi connectivity index (χ1v) is 10.4. The third kappa shape index (κ3) is 3.76. The average Bonchev–Trinajstić information content (AvgIpc) is 3.35. The fourth-order valence-electron chi connectivity index (χ4n) is 3.98. The number of rotatable bonds is 7. The molecule has 7 nitrogen and oxygen atoms in total. The van der Waals surface area contributed by atoms with Crippen LogP contribution in [0, 0.1) is 11.8 Å². The summed E-state index contributed by atoms with van der Waals surface area (Å²) in [5.41, 5.74) is 1.97. The number of halogens is 1. The Morgan fingerprint density at radius 2 is 1.73 bits per heavy atom. The summed E-state index contributed by atoms with van der Waals surface area (Å²) >= 11 is 3.60. The minimum atomic E-state index is -0.283. The van der Waals surface area contributed by atoms with Crippen molar-refractivity contribution in [2.75, 3.05) is 34.7 Å². The van der Waals surface area contributed by atoms with Gasteiger partial charge in [0.1, 0.15) is 0 Å². The predicted molar refractivity (Wildman–Crippen MR) is 112 cm³/mol. The summed E-state index contributed by atoms with van der Waals surface area (Å²) in [5.74, 6) is 2.63. The molecule has 4 rings (SSSR count). The van der Waals surface area contributed by atoms with Gasteiger partial charge in [-0.3, -0.25) is 4.79 Å². The molecule has 0 unspecified atom stereocenters. The zero-order valence-corrected chi connectivity index (χ0v) is 18.6. The van der Waals surface area contributed by atoms with Crippen molar-refractivity contribution in [2.24, 2.45) is 11.8 Å². The van der Waals surface area contributed by atoms with Crippen LogP contribution in [0.2, 0.25) is 0 Å². The van der Waals surface area contributed by atoms with Crippen LogP contribution < -0.4 is 23.7 Å². The second kappa shape index (κ2) is 8.63. The molecule has 2 heterocycles. The van der Waals surface area contributed by atoms with Crippen LogP contribution in [-0.4, -0.2) is 40.7 Å². The third-order valence-electron chi connectivity index (χ3n) is 5.53. The molecule has 0 radical (unpaired) electrons. The van der Waals surface area contributed by atoms with Crippen molar-refractivity contribution in [3.8, 4) is 28.7 Å². The van der Waals surface area contributed by atoms with Crippen molar-refractivity contribution < 1.29 is 33.2 Å². The van der Waals surface area contributed by atoms with Crippen LogP contribution in [0.25, 0.3) is 0 Å². The van der Waals surface area contributed by atoms with Crippen LogP contribution in [0.3, 0.4) is 0 Å². The fourth-order valence-corrected chi connectivity index (χ4v) is 4.60. The number of hydrogen-bond acceptors (Lipinski definition) is 7. The molecule has 2 aliphatic rings. The number of fused-ring (bicyclic) bond motifs is 1. The van der Waals surface area contributed by atoms with E-state index in [1.807, 2.05) is 24.3 Å². The number of cyclic esters (lactones) is 1. The summed E-state index contributed by atoms with van der Waals surface area (Å²) in [5, 5.41) is 0. The first kappa shape index (κ1) is 20.7. The second-order valence-corrected chi connectivity index (χ2v) is 8.00. The lowest BCUT2D eigenvalue weighted by molar-refractivity contribution is -0.141. The lowest BCUT2D eigenvalue weighted by atomic mass is 9.85. The van der Waals surface area contributed by atoms with Gasteiger partial charge in [0.15, 0.2) is 23.0 Å². The van der Waals surface area contributed by atoms with E-state index in [0.717, 1.165) is 27.1 Å². The van der Waals surface area contributed by atoms with Crippen molar-refractivity contribution >= 4 is 21.9 Å². The van der Waals surface area contributed by atoms with Gasteiger partial charge in [-0.2, -0.15) is 0 Å². The van der Waals surface area contributed by atoms with E-state index < -0.39 is 0 Å². The summed E-state index contributed by atoms with van der Waals surface area (Å²) in [4.78, 5) is 12.5. The molecule has 2 aromatic rings. The normalized spacial score (nSPS) is 19.5. The minimum absolute atomic E-state index is 0.0452. The number of carbonyl (C=O) groups is 1. The first-order chi connectivity index (χ1) is 14.5. The maximum Gasteiger partial charge on any atom is 0.309 e. The molecule has 2 aliphatic heterocycles. The van der Waals surface area contributed by atoms with E-state index in [1.165, 1.54) is 0 Å². The lowest BCUT2D eigenvalue weighted by Gasteiger charge is -2.20. The monoisotopic (exact) mass is 478 g/mol. The number of methoxy groups -OCH3 is 3. The zero-order valence-electron chi connectivity index (χ0n) is 17.0. The Hall–Kier alpha value is -2.61. The SMILES string of the molecule is COc1cc(C[C@H]2C(=O)OC[C@@H]2Cc2ccc3c(c2)OCO3)c(Br)c(OC)c1OC. The molecule has 2 aromatic carbocycles. The Morgan fingerprint density at radius 1 is 0.967 bits per heavy atom. The molecule has 0 aromatic heterocycles. The first-order valence-electron chi connectivity index (χ1n) is 9.58. The fraction of sp³-hybridized carbons (Fsp3) is 0.409. The highest BCUT2D eigenvalue weighted by Gasteiger charge is 2.38. The van der Waals surface area contributed by atoms with Crippen LogP contribution in [0.5, 0.6) is 28.7 Å². The smallest absolute Gasteiger partial charge is 0.309 e. The van der Waals surface area contributed by atoms with Crippen LogP contribution >= 0.6 is 15.9 Å². The van der Waals surface area contributed by atoms with Gasteiger partial charge in [-0.05, 0) is 58.1 Å². The van der Waals surface area contributed by atoms with Crippen molar-refractivity contribution in [2.45, 2.75) is 12.8 Å². The maximum absolute atomic E-state index is 12.5. The summed E-state index contributed by atoms with van der Waals surface area (Å²) < 4.78 is 33.4. The van der Waals surface area contributed by atoms with E-state index in [1.54, 1.807) is 21.3 Å². The van der Waals surface area contributed by atoms with Crippen LogP contribution in [0.15, 0.2) is 28.7 Å². The number of ether oxygens (including phenoxy) is 6. The molecule has 0 N–H and O–H groups in total. The van der Waals surface area contributed by atoms with E-state index >= 15 is 0 Å². The summed E-state index contributed by atoms with van der Waals surface area (Å²) in [6, 6.07) is 7.75. The van der Waals surface area contributed by atoms with Gasteiger partial charge >= 0.3 is 5.97 Å². The number of benzene rings is 2. The average molecular weight is 479 g/mol. The van der Waals surface area contributed by atoms with Gasteiger partial charge in [0, 0.05) is 5.92 Å². The standard InChI is InChI=1S/C22H23BrO7/c1-25-18-9-13(19(23)21(27-3)20(18)26-2)8-15-14(10-28-22(15)24)6-12-4-5-16-17(7-12)30-11-29-16/h4-5,7,9,14-15H,6,8,10-11H2,1-3H3/t14-,15+/m0/s1. The second-order valence-electron chi connectivity index (χ2n) is 7.21. The van der Waals surface area contributed by atoms with Crippen LogP contribution in [-0.2, 0) is 22.4 Å². The molecule has 30 heavy (non-hydrogen) atoms. The van der Waals surface area contributed by atoms with Crippen LogP contribution in [0.4, 0.5) is 0 Å². The van der Waals surface area contributed by atoms with Gasteiger partial charge in [0.25, 0.3) is 0 Å². The van der Waals surface area contributed by atoms with Gasteiger partial charge in [0.05, 0.1) is 38.3 Å². The number of hydrogen-bond donors (Lipinski definition) is 0. The highest BCUT2D eigenvalue weighted by atomic mass is 79.9. The van der Waals surface area contributed by atoms with Crippen molar-refractivity contribution in [1.82, 2.24) is 0 Å². The molecule has 0 amide bonds. The van der Waals surface area contributed by atoms with E-state index in [4.69, 9.17) is 28.4 Å². The van der Waals surface area contributed by atoms with Gasteiger partial charge in [-0.25, -0.2) is 0 Å².